The number of anilines is 2. The molecule has 9 nitrogen and oxygen atoms in total. The van der Waals surface area contributed by atoms with Gasteiger partial charge in [0.05, 0.1) is 43.6 Å². The van der Waals surface area contributed by atoms with Gasteiger partial charge in [-0.3, -0.25) is 0 Å². The van der Waals surface area contributed by atoms with Crippen LogP contribution in [0.15, 0.2) is 30.3 Å². The SMILES string of the molecule is CNCc1cc(-c2ccc3c(N4CCOCC4)nc(N4C[C@@H](C)O[C@@H](C)C4)nc3n2)ccc1OC. The molecule has 0 saturated carbocycles. The molecule has 0 amide bonds. The Balaban J connectivity index is 1.60. The number of morpholine rings is 2. The number of nitrogens with one attached hydrogen (secondary N) is 1. The molecule has 2 fully saturated rings. The lowest BCUT2D eigenvalue weighted by atomic mass is 10.1. The van der Waals surface area contributed by atoms with E-state index in [2.05, 4.69) is 47.2 Å². The Morgan fingerprint density at radius 1 is 1.00 bits per heavy atom. The molecule has 9 heteroatoms. The van der Waals surface area contributed by atoms with E-state index in [1.165, 1.54) is 0 Å². The standard InChI is InChI=1S/C26H34N6O3/c1-17-15-32(16-18(2)35-17)26-29-24-21(25(30-26)31-9-11-34-12-10-31)6-7-22(28-24)19-5-8-23(33-4)20(13-19)14-27-3/h5-8,13,17-18,27H,9-12,14-16H2,1-4H3/t17-,18+. The fraction of sp³-hybridized carbons (Fsp3) is 0.500. The van der Waals surface area contributed by atoms with Crippen LogP contribution in [-0.2, 0) is 16.0 Å². The van der Waals surface area contributed by atoms with Crippen molar-refractivity contribution in [1.29, 1.82) is 0 Å². The molecule has 0 radical (unpaired) electrons. The Hall–Kier alpha value is -3.01. The molecule has 2 aromatic heterocycles. The van der Waals surface area contributed by atoms with E-state index in [9.17, 15) is 0 Å². The van der Waals surface area contributed by atoms with E-state index in [0.29, 0.717) is 31.4 Å². The monoisotopic (exact) mass is 478 g/mol. The van der Waals surface area contributed by atoms with Crippen LogP contribution >= 0.6 is 0 Å². The second kappa shape index (κ2) is 10.3. The molecule has 3 aromatic rings. The third-order valence-corrected chi connectivity index (χ3v) is 6.48. The summed E-state index contributed by atoms with van der Waals surface area (Å²) in [7, 11) is 3.63. The minimum atomic E-state index is 0.120. The zero-order valence-electron chi connectivity index (χ0n) is 21.0. The Bertz CT molecular complexity index is 1170. The maximum absolute atomic E-state index is 5.94. The zero-order valence-corrected chi connectivity index (χ0v) is 21.0. The highest BCUT2D eigenvalue weighted by Gasteiger charge is 2.26. The van der Waals surface area contributed by atoms with E-state index in [4.69, 9.17) is 29.2 Å². The molecule has 35 heavy (non-hydrogen) atoms. The summed E-state index contributed by atoms with van der Waals surface area (Å²) >= 11 is 0. The van der Waals surface area contributed by atoms with Gasteiger partial charge in [0.1, 0.15) is 11.6 Å². The highest BCUT2D eigenvalue weighted by atomic mass is 16.5. The maximum atomic E-state index is 5.94. The third-order valence-electron chi connectivity index (χ3n) is 6.48. The number of rotatable bonds is 6. The lowest BCUT2D eigenvalue weighted by Gasteiger charge is -2.36. The number of ether oxygens (including phenoxy) is 3. The smallest absolute Gasteiger partial charge is 0.229 e. The highest BCUT2D eigenvalue weighted by molar-refractivity contribution is 5.90. The van der Waals surface area contributed by atoms with Crippen molar-refractivity contribution in [2.24, 2.45) is 0 Å². The van der Waals surface area contributed by atoms with Gasteiger partial charge >= 0.3 is 0 Å². The molecule has 2 aliphatic heterocycles. The molecule has 1 N–H and O–H groups in total. The van der Waals surface area contributed by atoms with Crippen molar-refractivity contribution in [2.75, 3.05) is 63.4 Å². The lowest BCUT2D eigenvalue weighted by Crippen LogP contribution is -2.46. The van der Waals surface area contributed by atoms with Gasteiger partial charge in [0.15, 0.2) is 5.65 Å². The average molecular weight is 479 g/mol. The van der Waals surface area contributed by atoms with Gasteiger partial charge in [0.2, 0.25) is 5.95 Å². The lowest BCUT2D eigenvalue weighted by molar-refractivity contribution is -0.00570. The Morgan fingerprint density at radius 2 is 1.77 bits per heavy atom. The number of methoxy groups -OCH3 is 1. The number of nitrogens with zero attached hydrogens (tertiary/aromatic N) is 5. The Morgan fingerprint density at radius 3 is 2.49 bits per heavy atom. The molecule has 1 aromatic carbocycles. The van der Waals surface area contributed by atoms with Crippen LogP contribution in [0.5, 0.6) is 5.75 Å². The van der Waals surface area contributed by atoms with Gasteiger partial charge in [-0.2, -0.15) is 9.97 Å². The van der Waals surface area contributed by atoms with Crippen LogP contribution in [0.3, 0.4) is 0 Å². The second-order valence-electron chi connectivity index (χ2n) is 9.23. The van der Waals surface area contributed by atoms with Gasteiger partial charge in [-0.1, -0.05) is 0 Å². The molecular weight excluding hydrogens is 444 g/mol. The minimum Gasteiger partial charge on any atom is -0.496 e. The third kappa shape index (κ3) is 5.03. The topological polar surface area (TPSA) is 84.9 Å². The molecule has 2 saturated heterocycles. The van der Waals surface area contributed by atoms with Crippen LogP contribution in [0.25, 0.3) is 22.3 Å². The molecule has 186 valence electrons. The first-order chi connectivity index (χ1) is 17.1. The van der Waals surface area contributed by atoms with E-state index < -0.39 is 0 Å². The molecule has 0 aliphatic carbocycles. The summed E-state index contributed by atoms with van der Waals surface area (Å²) in [5.74, 6) is 2.49. The zero-order chi connectivity index (χ0) is 24.4. The van der Waals surface area contributed by atoms with Gasteiger partial charge in [-0.25, -0.2) is 4.98 Å². The van der Waals surface area contributed by atoms with Crippen LogP contribution in [0.2, 0.25) is 0 Å². The van der Waals surface area contributed by atoms with Gasteiger partial charge in [-0.05, 0) is 51.2 Å². The highest BCUT2D eigenvalue weighted by Crippen LogP contribution is 2.31. The number of hydrogen-bond acceptors (Lipinski definition) is 9. The van der Waals surface area contributed by atoms with Crippen LogP contribution in [0.4, 0.5) is 11.8 Å². The molecule has 2 aliphatic rings. The molecule has 4 heterocycles. The van der Waals surface area contributed by atoms with Gasteiger partial charge in [0.25, 0.3) is 0 Å². The fourth-order valence-electron chi connectivity index (χ4n) is 4.91. The van der Waals surface area contributed by atoms with Crippen molar-refractivity contribution >= 4 is 22.8 Å². The van der Waals surface area contributed by atoms with Gasteiger partial charge in [0, 0.05) is 43.9 Å². The van der Waals surface area contributed by atoms with Crippen LogP contribution < -0.4 is 19.9 Å². The predicted octanol–water partition coefficient (Wildman–Crippen LogP) is 2.87. The maximum Gasteiger partial charge on any atom is 0.229 e. The van der Waals surface area contributed by atoms with Crippen molar-refractivity contribution in [3.63, 3.8) is 0 Å². The van der Waals surface area contributed by atoms with E-state index in [1.54, 1.807) is 7.11 Å². The van der Waals surface area contributed by atoms with E-state index in [0.717, 1.165) is 60.0 Å². The number of aromatic nitrogens is 3. The van der Waals surface area contributed by atoms with Crippen molar-refractivity contribution in [3.05, 3.63) is 35.9 Å². The number of fused-ring (bicyclic) bond motifs is 1. The molecule has 0 bridgehead atoms. The summed E-state index contributed by atoms with van der Waals surface area (Å²) in [6, 6.07) is 10.3. The van der Waals surface area contributed by atoms with Gasteiger partial charge in [-0.15, -0.1) is 0 Å². The first-order valence-corrected chi connectivity index (χ1v) is 12.3. The quantitative estimate of drug-likeness (QED) is 0.575. The van der Waals surface area contributed by atoms with E-state index in [1.807, 2.05) is 19.2 Å². The van der Waals surface area contributed by atoms with Crippen LogP contribution in [-0.4, -0.2) is 80.7 Å². The van der Waals surface area contributed by atoms with Crippen molar-refractivity contribution < 1.29 is 14.2 Å². The van der Waals surface area contributed by atoms with Crippen molar-refractivity contribution in [1.82, 2.24) is 20.3 Å². The van der Waals surface area contributed by atoms with Crippen molar-refractivity contribution in [2.45, 2.75) is 32.6 Å². The molecule has 5 rings (SSSR count). The first-order valence-electron chi connectivity index (χ1n) is 12.3. The predicted molar refractivity (Wildman–Crippen MR) is 137 cm³/mol. The van der Waals surface area contributed by atoms with Crippen molar-refractivity contribution in [3.8, 4) is 17.0 Å². The first kappa shape index (κ1) is 23.7. The molecule has 0 spiro atoms. The number of benzene rings is 1. The summed E-state index contributed by atoms with van der Waals surface area (Å²) in [4.78, 5) is 19.5. The second-order valence-corrected chi connectivity index (χ2v) is 9.23. The summed E-state index contributed by atoms with van der Waals surface area (Å²) < 4.78 is 17.1. The molecule has 0 unspecified atom stereocenters. The Labute approximate surface area is 206 Å². The van der Waals surface area contributed by atoms with E-state index >= 15 is 0 Å². The fourth-order valence-corrected chi connectivity index (χ4v) is 4.91. The summed E-state index contributed by atoms with van der Waals surface area (Å²) in [5.41, 5.74) is 3.69. The number of pyridine rings is 1. The number of hydrogen-bond donors (Lipinski definition) is 1. The normalized spacial score (nSPS) is 20.9. The largest absolute Gasteiger partial charge is 0.496 e. The molecular formula is C26H34N6O3. The minimum absolute atomic E-state index is 0.120. The summed E-state index contributed by atoms with van der Waals surface area (Å²) in [6.45, 7) is 9.39. The van der Waals surface area contributed by atoms with Gasteiger partial charge < -0.3 is 29.3 Å². The summed E-state index contributed by atoms with van der Waals surface area (Å²) in [5, 5.41) is 4.17. The van der Waals surface area contributed by atoms with Crippen LogP contribution in [0, 0.1) is 0 Å². The molecule has 2 atom stereocenters. The summed E-state index contributed by atoms with van der Waals surface area (Å²) in [6.07, 6.45) is 0.239. The van der Waals surface area contributed by atoms with E-state index in [-0.39, 0.29) is 12.2 Å². The van der Waals surface area contributed by atoms with Crippen LogP contribution in [0.1, 0.15) is 19.4 Å². The Kier molecular flexibility index (Phi) is 6.99. The average Bonchev–Trinajstić information content (AvgIpc) is 2.88.